The lowest BCUT2D eigenvalue weighted by molar-refractivity contribution is 0.184. The maximum Gasteiger partial charge on any atom is 0.240 e. The minimum absolute atomic E-state index is 0.212. The highest BCUT2D eigenvalue weighted by Crippen LogP contribution is 2.31. The zero-order chi connectivity index (χ0) is 13.1. The van der Waals surface area contributed by atoms with E-state index in [9.17, 15) is 0 Å². The number of hydrogen-bond donors (Lipinski definition) is 1. The van der Waals surface area contributed by atoms with E-state index in [1.54, 1.807) is 13.2 Å². The first-order chi connectivity index (χ1) is 8.65. The highest BCUT2D eigenvalue weighted by molar-refractivity contribution is 9.10. The summed E-state index contributed by atoms with van der Waals surface area (Å²) in [4.78, 5) is 4.14. The molecule has 0 saturated carbocycles. The van der Waals surface area contributed by atoms with Crippen molar-refractivity contribution in [1.29, 1.82) is 0 Å². The third kappa shape index (κ3) is 2.72. The van der Waals surface area contributed by atoms with Crippen LogP contribution in [0.15, 0.2) is 21.1 Å². The zero-order valence-electron chi connectivity index (χ0n) is 9.61. The average Bonchev–Trinajstić information content (AvgIpc) is 2.82. The number of methoxy groups -OCH3 is 1. The van der Waals surface area contributed by atoms with Crippen molar-refractivity contribution >= 4 is 27.5 Å². The Morgan fingerprint density at radius 2 is 2.28 bits per heavy atom. The fraction of sp³-hybridized carbons (Fsp3) is 0.273. The molecule has 0 aliphatic carbocycles. The Labute approximate surface area is 117 Å². The van der Waals surface area contributed by atoms with Crippen molar-refractivity contribution in [3.63, 3.8) is 0 Å². The van der Waals surface area contributed by atoms with E-state index in [-0.39, 0.29) is 6.54 Å². The second kappa shape index (κ2) is 5.79. The molecule has 2 aromatic rings. The van der Waals surface area contributed by atoms with Crippen LogP contribution in [0, 0.1) is 0 Å². The van der Waals surface area contributed by atoms with Gasteiger partial charge in [0.05, 0.1) is 13.2 Å². The molecule has 0 amide bonds. The lowest BCUT2D eigenvalue weighted by atomic mass is 10.1. The summed E-state index contributed by atoms with van der Waals surface area (Å²) in [6, 6.07) is 3.64. The molecule has 7 heteroatoms. The van der Waals surface area contributed by atoms with Gasteiger partial charge in [-0.1, -0.05) is 32.7 Å². The number of halogens is 2. The maximum atomic E-state index is 6.18. The van der Waals surface area contributed by atoms with Crippen LogP contribution in [0.5, 0.6) is 0 Å². The first-order valence-electron chi connectivity index (χ1n) is 5.15. The summed E-state index contributed by atoms with van der Waals surface area (Å²) < 4.78 is 10.9. The highest BCUT2D eigenvalue weighted by Gasteiger charge is 2.13. The second-order valence-electron chi connectivity index (χ2n) is 3.57. The summed E-state index contributed by atoms with van der Waals surface area (Å²) in [5.41, 5.74) is 7.06. The van der Waals surface area contributed by atoms with Gasteiger partial charge in [-0.15, -0.1) is 0 Å². The van der Waals surface area contributed by atoms with Gasteiger partial charge in [-0.05, 0) is 12.1 Å². The van der Waals surface area contributed by atoms with Crippen molar-refractivity contribution in [2.45, 2.75) is 13.2 Å². The van der Waals surface area contributed by atoms with Gasteiger partial charge in [0.2, 0.25) is 11.7 Å². The average molecular weight is 333 g/mol. The molecule has 5 nitrogen and oxygen atoms in total. The van der Waals surface area contributed by atoms with Gasteiger partial charge in [0, 0.05) is 27.7 Å². The van der Waals surface area contributed by atoms with E-state index >= 15 is 0 Å². The van der Waals surface area contributed by atoms with Crippen LogP contribution in [0.2, 0.25) is 5.02 Å². The van der Waals surface area contributed by atoms with Crippen LogP contribution in [-0.2, 0) is 17.9 Å². The fourth-order valence-corrected chi connectivity index (χ4v) is 2.43. The van der Waals surface area contributed by atoms with Gasteiger partial charge in [-0.3, -0.25) is 0 Å². The smallest absolute Gasteiger partial charge is 0.240 e. The maximum absolute atomic E-state index is 6.18. The lowest BCUT2D eigenvalue weighted by Gasteiger charge is -2.07. The van der Waals surface area contributed by atoms with Crippen molar-refractivity contribution in [1.82, 2.24) is 10.1 Å². The molecule has 2 N–H and O–H groups in total. The van der Waals surface area contributed by atoms with Gasteiger partial charge in [-0.2, -0.15) is 4.98 Å². The minimum Gasteiger partial charge on any atom is -0.380 e. The van der Waals surface area contributed by atoms with E-state index in [0.29, 0.717) is 23.3 Å². The molecule has 0 saturated heterocycles. The minimum atomic E-state index is 0.212. The van der Waals surface area contributed by atoms with E-state index in [1.807, 2.05) is 6.07 Å². The molecule has 0 unspecified atom stereocenters. The van der Waals surface area contributed by atoms with E-state index in [0.717, 1.165) is 15.6 Å². The van der Waals surface area contributed by atoms with Crippen LogP contribution in [0.4, 0.5) is 0 Å². The summed E-state index contributed by atoms with van der Waals surface area (Å²) in [6.45, 7) is 0.643. The van der Waals surface area contributed by atoms with Crippen molar-refractivity contribution in [2.75, 3.05) is 7.11 Å². The van der Waals surface area contributed by atoms with Crippen molar-refractivity contribution in [2.24, 2.45) is 5.73 Å². The van der Waals surface area contributed by atoms with Crippen molar-refractivity contribution < 1.29 is 9.26 Å². The molecule has 0 bridgehead atoms. The Morgan fingerprint density at radius 1 is 1.50 bits per heavy atom. The van der Waals surface area contributed by atoms with E-state index < -0.39 is 0 Å². The van der Waals surface area contributed by atoms with Gasteiger partial charge in [0.1, 0.15) is 0 Å². The normalized spacial score (nSPS) is 10.9. The summed E-state index contributed by atoms with van der Waals surface area (Å²) in [5.74, 6) is 0.847. The van der Waals surface area contributed by atoms with Crippen molar-refractivity contribution in [3.8, 4) is 11.4 Å². The number of ether oxygens (including phenoxy) is 1. The number of nitrogens with two attached hydrogens (primary N) is 1. The molecule has 0 spiro atoms. The molecule has 1 aromatic carbocycles. The van der Waals surface area contributed by atoms with Crippen LogP contribution in [0.25, 0.3) is 11.4 Å². The Bertz CT molecular complexity index is 536. The number of aromatic nitrogens is 2. The third-order valence-electron chi connectivity index (χ3n) is 2.33. The third-order valence-corrected chi connectivity index (χ3v) is 3.38. The Balaban J connectivity index is 2.40. The SMILES string of the molecule is COCc1c(Cl)cc(-c2noc(CN)n2)cc1Br. The molecular formula is C11H11BrClN3O2. The molecule has 1 heterocycles. The number of hydrogen-bond acceptors (Lipinski definition) is 5. The Morgan fingerprint density at radius 3 is 2.83 bits per heavy atom. The Kier molecular flexibility index (Phi) is 4.34. The molecule has 2 rings (SSSR count). The summed E-state index contributed by atoms with van der Waals surface area (Å²) in [7, 11) is 1.61. The molecule has 0 radical (unpaired) electrons. The topological polar surface area (TPSA) is 74.2 Å². The van der Waals surface area contributed by atoms with E-state index in [1.165, 1.54) is 0 Å². The number of benzene rings is 1. The van der Waals surface area contributed by atoms with Crippen LogP contribution >= 0.6 is 27.5 Å². The largest absolute Gasteiger partial charge is 0.380 e. The molecule has 0 aliphatic rings. The molecular weight excluding hydrogens is 321 g/mol. The molecule has 96 valence electrons. The fourth-order valence-electron chi connectivity index (χ4n) is 1.47. The first kappa shape index (κ1) is 13.5. The van der Waals surface area contributed by atoms with Gasteiger partial charge in [-0.25, -0.2) is 0 Å². The van der Waals surface area contributed by atoms with E-state index in [4.69, 9.17) is 26.6 Å². The quantitative estimate of drug-likeness (QED) is 0.932. The van der Waals surface area contributed by atoms with Gasteiger partial charge in [0.15, 0.2) is 0 Å². The molecule has 1 aromatic heterocycles. The Hall–Kier alpha value is -0.950. The van der Waals surface area contributed by atoms with Crippen LogP contribution in [-0.4, -0.2) is 17.3 Å². The first-order valence-corrected chi connectivity index (χ1v) is 6.32. The summed E-state index contributed by atoms with van der Waals surface area (Å²) >= 11 is 9.63. The molecule has 0 aliphatic heterocycles. The second-order valence-corrected chi connectivity index (χ2v) is 4.83. The van der Waals surface area contributed by atoms with Crippen LogP contribution in [0.3, 0.4) is 0 Å². The highest BCUT2D eigenvalue weighted by atomic mass is 79.9. The molecule has 0 fully saturated rings. The molecule has 18 heavy (non-hydrogen) atoms. The monoisotopic (exact) mass is 331 g/mol. The zero-order valence-corrected chi connectivity index (χ0v) is 12.0. The van der Waals surface area contributed by atoms with E-state index in [2.05, 4.69) is 26.1 Å². The van der Waals surface area contributed by atoms with Gasteiger partial charge < -0.3 is 15.0 Å². The predicted octanol–water partition coefficient (Wildman–Crippen LogP) is 2.76. The lowest BCUT2D eigenvalue weighted by Crippen LogP contribution is -1.96. The summed E-state index contributed by atoms with van der Waals surface area (Å²) in [6.07, 6.45) is 0. The van der Waals surface area contributed by atoms with Crippen LogP contribution < -0.4 is 5.73 Å². The summed E-state index contributed by atoms with van der Waals surface area (Å²) in [5, 5.41) is 4.42. The van der Waals surface area contributed by atoms with Gasteiger partial charge >= 0.3 is 0 Å². The molecule has 0 atom stereocenters. The van der Waals surface area contributed by atoms with Gasteiger partial charge in [0.25, 0.3) is 0 Å². The number of nitrogens with zero attached hydrogens (tertiary/aromatic N) is 2. The number of rotatable bonds is 4. The van der Waals surface area contributed by atoms with Crippen molar-refractivity contribution in [3.05, 3.63) is 33.1 Å². The standard InChI is InChI=1S/C11H11BrClN3O2/c1-17-5-7-8(12)2-6(3-9(7)13)11-15-10(4-14)18-16-11/h2-3H,4-5,14H2,1H3. The van der Waals surface area contributed by atoms with Crippen LogP contribution in [0.1, 0.15) is 11.5 Å². The predicted molar refractivity (Wildman–Crippen MR) is 71.0 cm³/mol.